The fourth-order valence-corrected chi connectivity index (χ4v) is 1.39. The van der Waals surface area contributed by atoms with Gasteiger partial charge in [-0.1, -0.05) is 13.3 Å². The molecule has 1 heterocycles. The lowest BCUT2D eigenvalue weighted by atomic mass is 10.1. The molecule has 0 radical (unpaired) electrons. The van der Waals surface area contributed by atoms with Crippen LogP contribution in [0.25, 0.3) is 0 Å². The van der Waals surface area contributed by atoms with E-state index in [9.17, 15) is 4.79 Å². The van der Waals surface area contributed by atoms with Crippen LogP contribution in [0.3, 0.4) is 0 Å². The topological polar surface area (TPSA) is 42.2 Å². The summed E-state index contributed by atoms with van der Waals surface area (Å²) in [4.78, 5) is 11.7. The zero-order chi connectivity index (χ0) is 12.2. The monoisotopic (exact) mass is 223 g/mol. The van der Waals surface area contributed by atoms with E-state index in [1.807, 2.05) is 26.8 Å². The summed E-state index contributed by atoms with van der Waals surface area (Å²) >= 11 is 0. The van der Waals surface area contributed by atoms with Crippen LogP contribution in [0.1, 0.15) is 56.9 Å². The predicted octanol–water partition coefficient (Wildman–Crippen LogP) is 3.15. The molecule has 1 N–H and O–H groups in total. The summed E-state index contributed by atoms with van der Waals surface area (Å²) in [5.74, 6) is 1.15. The van der Waals surface area contributed by atoms with Crippen molar-refractivity contribution >= 4 is 5.91 Å². The molecule has 0 aliphatic rings. The quantitative estimate of drug-likeness (QED) is 0.852. The van der Waals surface area contributed by atoms with Crippen LogP contribution in [-0.4, -0.2) is 11.4 Å². The first kappa shape index (κ1) is 12.8. The molecule has 1 amide bonds. The lowest BCUT2D eigenvalue weighted by Gasteiger charge is -2.19. The van der Waals surface area contributed by atoms with Crippen molar-refractivity contribution < 1.29 is 9.21 Å². The van der Waals surface area contributed by atoms with Gasteiger partial charge in [0.15, 0.2) is 5.76 Å². The maximum absolute atomic E-state index is 11.7. The molecule has 0 fully saturated rings. The molecule has 0 bridgehead atoms. The summed E-state index contributed by atoms with van der Waals surface area (Å²) in [5.41, 5.74) is -0.229. The van der Waals surface area contributed by atoms with Gasteiger partial charge in [0, 0.05) is 12.0 Å². The van der Waals surface area contributed by atoms with E-state index < -0.39 is 0 Å². The van der Waals surface area contributed by atoms with Crippen molar-refractivity contribution in [1.29, 1.82) is 0 Å². The minimum Gasteiger partial charge on any atom is -0.456 e. The summed E-state index contributed by atoms with van der Waals surface area (Å²) < 4.78 is 5.48. The molecule has 1 rings (SSSR count). The van der Waals surface area contributed by atoms with Gasteiger partial charge in [0.25, 0.3) is 5.91 Å². The van der Waals surface area contributed by atoms with Gasteiger partial charge in [-0.15, -0.1) is 0 Å². The zero-order valence-electron chi connectivity index (χ0n) is 10.6. The van der Waals surface area contributed by atoms with E-state index in [2.05, 4.69) is 12.2 Å². The highest BCUT2D eigenvalue weighted by Crippen LogP contribution is 2.12. The molecule has 90 valence electrons. The van der Waals surface area contributed by atoms with Crippen molar-refractivity contribution in [2.24, 2.45) is 0 Å². The summed E-state index contributed by atoms with van der Waals surface area (Å²) in [6.07, 6.45) is 3.12. The van der Waals surface area contributed by atoms with Gasteiger partial charge in [-0.25, -0.2) is 0 Å². The molecule has 16 heavy (non-hydrogen) atoms. The number of carbonyl (C=O) groups is 1. The number of rotatable bonds is 4. The highest BCUT2D eigenvalue weighted by molar-refractivity contribution is 5.91. The van der Waals surface area contributed by atoms with E-state index >= 15 is 0 Å². The molecule has 0 aromatic carbocycles. The van der Waals surface area contributed by atoms with Crippen LogP contribution < -0.4 is 5.32 Å². The lowest BCUT2D eigenvalue weighted by Crippen LogP contribution is -2.40. The molecule has 1 aromatic rings. The second-order valence-electron chi connectivity index (χ2n) is 5.07. The highest BCUT2D eigenvalue weighted by atomic mass is 16.3. The van der Waals surface area contributed by atoms with Gasteiger partial charge in [-0.05, 0) is 39.3 Å². The Balaban J connectivity index is 2.60. The van der Waals surface area contributed by atoms with Gasteiger partial charge in [0.05, 0.1) is 0 Å². The summed E-state index contributed by atoms with van der Waals surface area (Å²) in [6.45, 7) is 7.99. The van der Waals surface area contributed by atoms with Gasteiger partial charge < -0.3 is 9.73 Å². The molecule has 0 spiro atoms. The molecular formula is C13H21NO2. The average molecular weight is 223 g/mol. The first-order valence-electron chi connectivity index (χ1n) is 5.83. The largest absolute Gasteiger partial charge is 0.456 e. The molecule has 0 saturated heterocycles. The molecule has 1 aromatic heterocycles. The smallest absolute Gasteiger partial charge is 0.287 e. The average Bonchev–Trinajstić information content (AvgIpc) is 2.60. The number of amides is 1. The number of aryl methyl sites for hydroxylation is 1. The first-order valence-corrected chi connectivity index (χ1v) is 5.83. The van der Waals surface area contributed by atoms with Crippen molar-refractivity contribution in [3.05, 3.63) is 23.7 Å². The Hall–Kier alpha value is -1.25. The maximum atomic E-state index is 11.7. The molecule has 0 unspecified atom stereocenters. The molecule has 0 atom stereocenters. The Morgan fingerprint density at radius 2 is 2.06 bits per heavy atom. The Bertz CT molecular complexity index is 347. The van der Waals surface area contributed by atoms with E-state index in [0.717, 1.165) is 25.0 Å². The third-order valence-corrected chi connectivity index (χ3v) is 2.15. The predicted molar refractivity (Wildman–Crippen MR) is 64.5 cm³/mol. The minimum absolute atomic E-state index is 0.143. The van der Waals surface area contributed by atoms with Crippen LogP contribution >= 0.6 is 0 Å². The summed E-state index contributed by atoms with van der Waals surface area (Å²) in [7, 11) is 0. The number of unbranched alkanes of at least 4 members (excludes halogenated alkanes) is 1. The SMILES string of the molecule is CCCCc1ccc(C(=O)NC(C)(C)C)o1. The van der Waals surface area contributed by atoms with Crippen LogP contribution in [-0.2, 0) is 6.42 Å². The van der Waals surface area contributed by atoms with Crippen LogP contribution in [0.4, 0.5) is 0 Å². The van der Waals surface area contributed by atoms with Crippen molar-refractivity contribution in [2.45, 2.75) is 52.5 Å². The molecule has 0 aliphatic heterocycles. The fourth-order valence-electron chi connectivity index (χ4n) is 1.39. The Kier molecular flexibility index (Phi) is 4.16. The fraction of sp³-hybridized carbons (Fsp3) is 0.615. The van der Waals surface area contributed by atoms with Gasteiger partial charge in [-0.3, -0.25) is 4.79 Å². The number of nitrogens with one attached hydrogen (secondary N) is 1. The van der Waals surface area contributed by atoms with Crippen LogP contribution in [0.15, 0.2) is 16.5 Å². The minimum atomic E-state index is -0.229. The van der Waals surface area contributed by atoms with Crippen molar-refractivity contribution in [1.82, 2.24) is 5.32 Å². The van der Waals surface area contributed by atoms with E-state index in [0.29, 0.717) is 5.76 Å². The summed E-state index contributed by atoms with van der Waals surface area (Å²) in [5, 5.41) is 2.87. The third-order valence-electron chi connectivity index (χ3n) is 2.15. The van der Waals surface area contributed by atoms with Gasteiger partial charge in [-0.2, -0.15) is 0 Å². The normalized spacial score (nSPS) is 11.5. The van der Waals surface area contributed by atoms with Crippen molar-refractivity contribution in [3.63, 3.8) is 0 Å². The highest BCUT2D eigenvalue weighted by Gasteiger charge is 2.17. The van der Waals surface area contributed by atoms with Gasteiger partial charge in [0.2, 0.25) is 0 Å². The second kappa shape index (κ2) is 5.19. The van der Waals surface area contributed by atoms with E-state index in [-0.39, 0.29) is 11.4 Å². The lowest BCUT2D eigenvalue weighted by molar-refractivity contribution is 0.0889. The van der Waals surface area contributed by atoms with Gasteiger partial charge >= 0.3 is 0 Å². The van der Waals surface area contributed by atoms with E-state index in [4.69, 9.17) is 4.42 Å². The standard InChI is InChI=1S/C13H21NO2/c1-5-6-7-10-8-9-11(16-10)12(15)14-13(2,3)4/h8-9H,5-7H2,1-4H3,(H,14,15). The second-order valence-corrected chi connectivity index (χ2v) is 5.07. The number of furan rings is 1. The molecule has 3 heteroatoms. The molecule has 0 aliphatic carbocycles. The van der Waals surface area contributed by atoms with E-state index in [1.54, 1.807) is 6.07 Å². The third kappa shape index (κ3) is 4.09. The number of hydrogen-bond donors (Lipinski definition) is 1. The molecular weight excluding hydrogens is 202 g/mol. The van der Waals surface area contributed by atoms with Gasteiger partial charge in [0.1, 0.15) is 5.76 Å². The van der Waals surface area contributed by atoms with Crippen LogP contribution in [0.2, 0.25) is 0 Å². The van der Waals surface area contributed by atoms with Crippen LogP contribution in [0.5, 0.6) is 0 Å². The zero-order valence-corrected chi connectivity index (χ0v) is 10.6. The summed E-state index contributed by atoms with van der Waals surface area (Å²) in [6, 6.07) is 3.62. The number of hydrogen-bond acceptors (Lipinski definition) is 2. The Labute approximate surface area is 97.2 Å². The first-order chi connectivity index (χ1) is 7.42. The van der Waals surface area contributed by atoms with Crippen molar-refractivity contribution in [3.8, 4) is 0 Å². The van der Waals surface area contributed by atoms with E-state index in [1.165, 1.54) is 0 Å². The molecule has 3 nitrogen and oxygen atoms in total. The Morgan fingerprint density at radius 1 is 1.38 bits per heavy atom. The molecule has 0 saturated carbocycles. The Morgan fingerprint density at radius 3 is 2.62 bits per heavy atom. The van der Waals surface area contributed by atoms with Crippen molar-refractivity contribution in [2.75, 3.05) is 0 Å². The maximum Gasteiger partial charge on any atom is 0.287 e. The van der Waals surface area contributed by atoms with Crippen LogP contribution in [0, 0.1) is 0 Å². The number of carbonyl (C=O) groups excluding carboxylic acids is 1.